The summed E-state index contributed by atoms with van der Waals surface area (Å²) in [5, 5.41) is 19.0. The van der Waals surface area contributed by atoms with E-state index >= 15 is 0 Å². The molecule has 0 saturated heterocycles. The summed E-state index contributed by atoms with van der Waals surface area (Å²) in [5.41, 5.74) is 19.3. The topological polar surface area (TPSA) is 119 Å². The van der Waals surface area contributed by atoms with Gasteiger partial charge in [0.2, 0.25) is 0 Å². The number of rotatable bonds is 2. The molecule has 0 radical (unpaired) electrons. The lowest BCUT2D eigenvalue weighted by Crippen LogP contribution is -2.65. The molecule has 1 aliphatic carbocycles. The van der Waals surface area contributed by atoms with E-state index in [1.807, 2.05) is 18.2 Å². The smallest absolute Gasteiger partial charge is 0.115 e. The van der Waals surface area contributed by atoms with E-state index in [0.717, 1.165) is 16.9 Å². The molecule has 2 atom stereocenters. The van der Waals surface area contributed by atoms with E-state index in [-0.39, 0.29) is 29.2 Å². The van der Waals surface area contributed by atoms with Crippen LogP contribution in [0.5, 0.6) is 11.5 Å². The first-order chi connectivity index (χ1) is 10.4. The van der Waals surface area contributed by atoms with Crippen LogP contribution < -0.4 is 17.2 Å². The molecule has 0 saturated carbocycles. The van der Waals surface area contributed by atoms with Crippen LogP contribution in [-0.2, 0) is 12.1 Å². The van der Waals surface area contributed by atoms with Gasteiger partial charge in [0.05, 0.1) is 6.04 Å². The molecule has 8 N–H and O–H groups in total. The van der Waals surface area contributed by atoms with Gasteiger partial charge < -0.3 is 27.4 Å². The molecule has 0 spiro atoms. The van der Waals surface area contributed by atoms with Crippen molar-refractivity contribution in [2.45, 2.75) is 28.3 Å². The number of hydrogen-bond donors (Lipinski definition) is 5. The zero-order chi connectivity index (χ0) is 15.9. The van der Waals surface area contributed by atoms with Crippen LogP contribution in [0.3, 0.4) is 0 Å². The molecule has 23 heavy (non-hydrogen) atoms. The monoisotopic (exact) mass is 353 g/mol. The average Bonchev–Trinajstić information content (AvgIpc) is 2.48. The second kappa shape index (κ2) is 6.59. The number of hydrogen-bond acceptors (Lipinski definition) is 6. The third kappa shape index (κ3) is 3.41. The van der Waals surface area contributed by atoms with Gasteiger partial charge in [-0.15, -0.1) is 24.2 Å². The number of phenols is 2. The summed E-state index contributed by atoms with van der Waals surface area (Å²) in [6.07, 6.45) is 0.721. The highest BCUT2D eigenvalue weighted by molar-refractivity contribution is 8.00. The summed E-state index contributed by atoms with van der Waals surface area (Å²) in [4.78, 5) is 0.997. The zero-order valence-electron chi connectivity index (χ0n) is 12.3. The van der Waals surface area contributed by atoms with E-state index in [1.54, 1.807) is 36.0 Å². The number of thioether (sulfide) groups is 1. The zero-order valence-corrected chi connectivity index (χ0v) is 14.0. The molecule has 1 aliphatic rings. The number of fused-ring (bicyclic) bond motifs is 1. The van der Waals surface area contributed by atoms with Gasteiger partial charge in [0.15, 0.2) is 0 Å². The number of nitrogens with two attached hydrogens (primary N) is 3. The summed E-state index contributed by atoms with van der Waals surface area (Å²) in [6.45, 7) is 0. The van der Waals surface area contributed by atoms with Gasteiger partial charge in [-0.2, -0.15) is 0 Å². The standard InChI is InChI=1S/C16H19N3O2S.ClH/c17-15-14(22-12-5-3-10(20)4-6-12)7-9-1-2-11(21)8-13(9)16(15,18)19;/h1-6,8,14-15,20-21H,7,17-19H2;1H. The molecule has 0 fully saturated rings. The third-order valence-electron chi connectivity index (χ3n) is 4.06. The van der Waals surface area contributed by atoms with Gasteiger partial charge in [-0.25, -0.2) is 0 Å². The molecule has 2 aromatic rings. The predicted molar refractivity (Wildman–Crippen MR) is 94.8 cm³/mol. The Morgan fingerprint density at radius 3 is 2.26 bits per heavy atom. The maximum Gasteiger partial charge on any atom is 0.115 e. The normalized spacial score (nSPS) is 22.0. The Hall–Kier alpha value is -1.44. The maximum absolute atomic E-state index is 9.65. The van der Waals surface area contributed by atoms with Crippen molar-refractivity contribution in [1.82, 2.24) is 0 Å². The van der Waals surface area contributed by atoms with Crippen LogP contribution >= 0.6 is 24.2 Å². The van der Waals surface area contributed by atoms with E-state index in [2.05, 4.69) is 0 Å². The van der Waals surface area contributed by atoms with Gasteiger partial charge >= 0.3 is 0 Å². The molecule has 2 aromatic carbocycles. The molecule has 5 nitrogen and oxygen atoms in total. The molecule has 2 unspecified atom stereocenters. The van der Waals surface area contributed by atoms with Gasteiger partial charge in [-0.3, -0.25) is 0 Å². The Balaban J connectivity index is 0.00000192. The van der Waals surface area contributed by atoms with Crippen molar-refractivity contribution >= 4 is 24.2 Å². The van der Waals surface area contributed by atoms with E-state index in [0.29, 0.717) is 5.56 Å². The average molecular weight is 354 g/mol. The van der Waals surface area contributed by atoms with Crippen LogP contribution in [0.15, 0.2) is 47.4 Å². The van der Waals surface area contributed by atoms with Crippen molar-refractivity contribution in [3.05, 3.63) is 53.6 Å². The van der Waals surface area contributed by atoms with Crippen molar-refractivity contribution in [2.75, 3.05) is 0 Å². The SMILES string of the molecule is Cl.NC1C(Sc2ccc(O)cc2)Cc2ccc(O)cc2C1(N)N. The molecular weight excluding hydrogens is 334 g/mol. The number of benzene rings is 2. The predicted octanol–water partition coefficient (Wildman–Crippen LogP) is 1.63. The Labute approximate surface area is 145 Å². The van der Waals surface area contributed by atoms with E-state index in [4.69, 9.17) is 17.2 Å². The minimum Gasteiger partial charge on any atom is -0.508 e. The molecule has 0 aliphatic heterocycles. The van der Waals surface area contributed by atoms with Crippen LogP contribution in [0, 0.1) is 0 Å². The second-order valence-electron chi connectivity index (χ2n) is 5.65. The lowest BCUT2D eigenvalue weighted by molar-refractivity contribution is 0.331. The lowest BCUT2D eigenvalue weighted by Gasteiger charge is -2.42. The Morgan fingerprint density at radius 1 is 1.00 bits per heavy atom. The summed E-state index contributed by atoms with van der Waals surface area (Å²) in [5.74, 6) is 0.362. The first-order valence-electron chi connectivity index (χ1n) is 6.99. The van der Waals surface area contributed by atoms with Crippen LogP contribution in [0.4, 0.5) is 0 Å². The fourth-order valence-corrected chi connectivity index (χ4v) is 4.07. The first kappa shape index (κ1) is 17.9. The molecule has 0 aromatic heterocycles. The van der Waals surface area contributed by atoms with Crippen molar-refractivity contribution < 1.29 is 10.2 Å². The second-order valence-corrected chi connectivity index (χ2v) is 6.97. The highest BCUT2D eigenvalue weighted by Gasteiger charge is 2.42. The highest BCUT2D eigenvalue weighted by atomic mass is 35.5. The van der Waals surface area contributed by atoms with Crippen LogP contribution in [-0.4, -0.2) is 21.5 Å². The van der Waals surface area contributed by atoms with Gasteiger partial charge in [0, 0.05) is 10.1 Å². The number of phenolic OH excluding ortho intramolecular Hbond substituents is 2. The summed E-state index contributed by atoms with van der Waals surface area (Å²) in [7, 11) is 0. The summed E-state index contributed by atoms with van der Waals surface area (Å²) >= 11 is 1.59. The summed E-state index contributed by atoms with van der Waals surface area (Å²) < 4.78 is 0. The molecule has 0 heterocycles. The third-order valence-corrected chi connectivity index (χ3v) is 5.36. The molecule has 124 valence electrons. The largest absolute Gasteiger partial charge is 0.508 e. The molecular formula is C16H20ClN3O2S. The molecule has 0 amide bonds. The molecule has 0 bridgehead atoms. The van der Waals surface area contributed by atoms with Gasteiger partial charge in [0.25, 0.3) is 0 Å². The Morgan fingerprint density at radius 2 is 1.61 bits per heavy atom. The molecule has 7 heteroatoms. The highest BCUT2D eigenvalue weighted by Crippen LogP contribution is 2.39. The Bertz CT molecular complexity index is 694. The number of aromatic hydroxyl groups is 2. The maximum atomic E-state index is 9.65. The van der Waals surface area contributed by atoms with Crippen molar-refractivity contribution in [3.8, 4) is 11.5 Å². The summed E-state index contributed by atoms with van der Waals surface area (Å²) in [6, 6.07) is 11.6. The van der Waals surface area contributed by atoms with E-state index < -0.39 is 11.7 Å². The van der Waals surface area contributed by atoms with Crippen molar-refractivity contribution in [1.29, 1.82) is 0 Å². The fraction of sp³-hybridized carbons (Fsp3) is 0.250. The van der Waals surface area contributed by atoms with Crippen molar-refractivity contribution in [3.63, 3.8) is 0 Å². The number of halogens is 1. The van der Waals surface area contributed by atoms with Gasteiger partial charge in [-0.05, 0) is 53.9 Å². The Kier molecular flexibility index (Phi) is 5.13. The fourth-order valence-electron chi connectivity index (χ4n) is 2.79. The lowest BCUT2D eigenvalue weighted by atomic mass is 9.80. The van der Waals surface area contributed by atoms with Crippen LogP contribution in [0.2, 0.25) is 0 Å². The van der Waals surface area contributed by atoms with Crippen LogP contribution in [0.25, 0.3) is 0 Å². The molecule has 3 rings (SSSR count). The quantitative estimate of drug-likeness (QED) is 0.524. The van der Waals surface area contributed by atoms with Gasteiger partial charge in [-0.1, -0.05) is 6.07 Å². The van der Waals surface area contributed by atoms with E-state index in [9.17, 15) is 10.2 Å². The van der Waals surface area contributed by atoms with Gasteiger partial charge in [0.1, 0.15) is 17.2 Å². The minimum atomic E-state index is -1.19. The van der Waals surface area contributed by atoms with Crippen molar-refractivity contribution in [2.24, 2.45) is 17.2 Å². The minimum absolute atomic E-state index is 0. The van der Waals surface area contributed by atoms with E-state index in [1.165, 1.54) is 0 Å². The van der Waals surface area contributed by atoms with Crippen LogP contribution in [0.1, 0.15) is 11.1 Å². The first-order valence-corrected chi connectivity index (χ1v) is 7.87.